The second-order valence-electron chi connectivity index (χ2n) is 9.27. The van der Waals surface area contributed by atoms with Gasteiger partial charge in [-0.15, -0.1) is 0 Å². The minimum atomic E-state index is -4.53. The fraction of sp³-hybridized carbons (Fsp3) is 0.520. The van der Waals surface area contributed by atoms with Gasteiger partial charge in [-0.05, 0) is 43.7 Å². The lowest BCUT2D eigenvalue weighted by Gasteiger charge is -2.37. The Morgan fingerprint density at radius 1 is 0.794 bits per heavy atom. The van der Waals surface area contributed by atoms with Gasteiger partial charge in [0.1, 0.15) is 34.6 Å². The van der Waals surface area contributed by atoms with Crippen molar-refractivity contribution in [1.82, 2.24) is 0 Å². The zero-order valence-corrected chi connectivity index (χ0v) is 18.9. The predicted octanol–water partition coefficient (Wildman–Crippen LogP) is 7.17. The maximum Gasteiger partial charge on any atom is 0.432 e. The molecule has 0 aromatic heterocycles. The molecule has 34 heavy (non-hydrogen) atoms. The van der Waals surface area contributed by atoms with Crippen LogP contribution < -0.4 is 4.74 Å². The van der Waals surface area contributed by atoms with Crippen LogP contribution in [0.4, 0.5) is 26.3 Å². The highest BCUT2D eigenvalue weighted by atomic mass is 19.3. The van der Waals surface area contributed by atoms with E-state index in [0.29, 0.717) is 49.3 Å². The molecule has 1 saturated carbocycles. The summed E-state index contributed by atoms with van der Waals surface area (Å²) < 4.78 is 101. The average molecular weight is 488 g/mol. The summed E-state index contributed by atoms with van der Waals surface area (Å²) in [6.45, 7) is 4.02. The van der Waals surface area contributed by atoms with Gasteiger partial charge >= 0.3 is 6.11 Å². The second-order valence-corrected chi connectivity index (χ2v) is 9.27. The molecule has 1 aliphatic heterocycles. The van der Waals surface area contributed by atoms with Crippen molar-refractivity contribution in [2.24, 2.45) is 17.8 Å². The zero-order valence-electron chi connectivity index (χ0n) is 18.9. The Balaban J connectivity index is 1.47. The summed E-state index contributed by atoms with van der Waals surface area (Å²) in [5, 5.41) is 0. The normalized spacial score (nSPS) is 25.9. The Bertz CT molecular complexity index is 981. The van der Waals surface area contributed by atoms with Crippen LogP contribution in [0.3, 0.4) is 0 Å². The third-order valence-electron chi connectivity index (χ3n) is 6.78. The first kappa shape index (κ1) is 24.9. The van der Waals surface area contributed by atoms with E-state index in [9.17, 15) is 26.3 Å². The fourth-order valence-electron chi connectivity index (χ4n) is 4.63. The van der Waals surface area contributed by atoms with Gasteiger partial charge in [0.05, 0.1) is 13.2 Å². The van der Waals surface area contributed by atoms with Crippen molar-refractivity contribution in [3.8, 4) is 5.75 Å². The number of hydrogen-bond acceptors (Lipinski definition) is 3. The average Bonchev–Trinajstić information content (AvgIpc) is 2.77. The summed E-state index contributed by atoms with van der Waals surface area (Å²) in [6, 6.07) is 2.42. The van der Waals surface area contributed by atoms with Crippen molar-refractivity contribution in [1.29, 1.82) is 0 Å². The van der Waals surface area contributed by atoms with Crippen molar-refractivity contribution < 1.29 is 40.6 Å². The molecule has 0 unspecified atom stereocenters. The first-order valence-corrected chi connectivity index (χ1v) is 11.3. The number of benzene rings is 2. The third kappa shape index (κ3) is 5.20. The topological polar surface area (TPSA) is 27.7 Å². The molecule has 0 spiro atoms. The lowest BCUT2D eigenvalue weighted by atomic mass is 9.76. The smallest absolute Gasteiger partial charge is 0.429 e. The lowest BCUT2D eigenvalue weighted by molar-refractivity contribution is -0.215. The van der Waals surface area contributed by atoms with E-state index < -0.39 is 52.5 Å². The lowest BCUT2D eigenvalue weighted by Crippen LogP contribution is -2.34. The van der Waals surface area contributed by atoms with E-state index >= 15 is 0 Å². The van der Waals surface area contributed by atoms with Gasteiger partial charge in [0.25, 0.3) is 0 Å². The summed E-state index contributed by atoms with van der Waals surface area (Å²) in [4.78, 5) is 0. The molecule has 0 radical (unpaired) electrons. The van der Waals surface area contributed by atoms with Crippen molar-refractivity contribution in [2.45, 2.75) is 51.9 Å². The summed E-state index contributed by atoms with van der Waals surface area (Å²) in [7, 11) is 0. The summed E-state index contributed by atoms with van der Waals surface area (Å²) in [5.74, 6) is -5.02. The van der Waals surface area contributed by atoms with E-state index in [1.807, 2.05) is 0 Å². The van der Waals surface area contributed by atoms with Gasteiger partial charge in [0, 0.05) is 29.2 Å². The van der Waals surface area contributed by atoms with Gasteiger partial charge in [0.15, 0.2) is 6.29 Å². The van der Waals surface area contributed by atoms with E-state index in [1.165, 1.54) is 0 Å². The molecule has 4 rings (SSSR count). The van der Waals surface area contributed by atoms with Crippen LogP contribution in [0.15, 0.2) is 24.3 Å². The number of alkyl halides is 2. The van der Waals surface area contributed by atoms with E-state index in [4.69, 9.17) is 9.47 Å². The van der Waals surface area contributed by atoms with Gasteiger partial charge in [-0.2, -0.15) is 8.78 Å². The molecule has 2 aromatic rings. The molecule has 9 heteroatoms. The molecule has 0 atom stereocenters. The highest BCUT2D eigenvalue weighted by Crippen LogP contribution is 2.40. The highest BCUT2D eigenvalue weighted by Gasteiger charge is 2.42. The Hall–Kier alpha value is -2.26. The summed E-state index contributed by atoms with van der Waals surface area (Å²) in [6.07, 6.45) is -1.19. The number of ether oxygens (including phenoxy) is 3. The predicted molar refractivity (Wildman–Crippen MR) is 111 cm³/mol. The largest absolute Gasteiger partial charge is 0.432 e. The van der Waals surface area contributed by atoms with Crippen LogP contribution in [0.2, 0.25) is 0 Å². The standard InChI is InChI=1S/C25H26F6O3/c1-13-3-5-15(6-4-13)17-11-32-24(33-12-17)16-7-21(28)23(22(29)8-16)25(30,31)34-18-9-19(26)14(2)20(27)10-18/h7-10,13,15,17,24H,3-6,11-12H2,1-2H3. The molecule has 1 saturated heterocycles. The first-order chi connectivity index (χ1) is 16.0. The Morgan fingerprint density at radius 2 is 1.32 bits per heavy atom. The van der Waals surface area contributed by atoms with Crippen LogP contribution in [0.1, 0.15) is 55.6 Å². The molecule has 2 fully saturated rings. The van der Waals surface area contributed by atoms with E-state index in [0.717, 1.165) is 32.6 Å². The second kappa shape index (κ2) is 9.77. The molecule has 3 nitrogen and oxygen atoms in total. The van der Waals surface area contributed by atoms with Crippen molar-refractivity contribution in [3.05, 3.63) is 64.2 Å². The maximum atomic E-state index is 14.6. The molecular formula is C25H26F6O3. The molecule has 1 heterocycles. The molecule has 2 aromatic carbocycles. The molecule has 0 N–H and O–H groups in total. The SMILES string of the molecule is Cc1c(F)cc(OC(F)(F)c2c(F)cc(C3OCC(C4CCC(C)CC4)CO3)cc2F)cc1F. The maximum absolute atomic E-state index is 14.6. The Kier molecular flexibility index (Phi) is 7.14. The van der Waals surface area contributed by atoms with Gasteiger partial charge in [-0.25, -0.2) is 17.6 Å². The van der Waals surface area contributed by atoms with Gasteiger partial charge in [-0.3, -0.25) is 0 Å². The monoisotopic (exact) mass is 488 g/mol. The van der Waals surface area contributed by atoms with Gasteiger partial charge in [0.2, 0.25) is 0 Å². The Labute approximate surface area is 194 Å². The van der Waals surface area contributed by atoms with Crippen molar-refractivity contribution >= 4 is 0 Å². The van der Waals surface area contributed by atoms with Crippen LogP contribution in [0.25, 0.3) is 0 Å². The summed E-state index contributed by atoms with van der Waals surface area (Å²) >= 11 is 0. The number of hydrogen-bond donors (Lipinski definition) is 0. The van der Waals surface area contributed by atoms with Crippen LogP contribution in [-0.2, 0) is 15.6 Å². The van der Waals surface area contributed by atoms with Crippen LogP contribution in [-0.4, -0.2) is 13.2 Å². The van der Waals surface area contributed by atoms with Gasteiger partial charge in [-0.1, -0.05) is 19.8 Å². The zero-order chi connectivity index (χ0) is 24.6. The van der Waals surface area contributed by atoms with E-state index in [1.54, 1.807) is 0 Å². The molecular weight excluding hydrogens is 462 g/mol. The fourth-order valence-corrected chi connectivity index (χ4v) is 4.63. The van der Waals surface area contributed by atoms with Crippen LogP contribution in [0.5, 0.6) is 5.75 Å². The van der Waals surface area contributed by atoms with Crippen LogP contribution >= 0.6 is 0 Å². The summed E-state index contributed by atoms with van der Waals surface area (Å²) in [5.41, 5.74) is -2.16. The molecule has 2 aliphatic rings. The number of halogens is 6. The van der Waals surface area contributed by atoms with E-state index in [2.05, 4.69) is 11.7 Å². The van der Waals surface area contributed by atoms with E-state index in [-0.39, 0.29) is 11.5 Å². The third-order valence-corrected chi connectivity index (χ3v) is 6.78. The number of rotatable bonds is 5. The Morgan fingerprint density at radius 3 is 1.85 bits per heavy atom. The quantitative estimate of drug-likeness (QED) is 0.418. The van der Waals surface area contributed by atoms with Crippen molar-refractivity contribution in [3.63, 3.8) is 0 Å². The molecule has 1 aliphatic carbocycles. The highest BCUT2D eigenvalue weighted by molar-refractivity contribution is 5.33. The van der Waals surface area contributed by atoms with Crippen LogP contribution in [0, 0.1) is 47.9 Å². The molecule has 0 bridgehead atoms. The first-order valence-electron chi connectivity index (χ1n) is 11.3. The van der Waals surface area contributed by atoms with Crippen molar-refractivity contribution in [2.75, 3.05) is 13.2 Å². The van der Waals surface area contributed by atoms with Gasteiger partial charge < -0.3 is 14.2 Å². The molecule has 0 amide bonds. The minimum Gasteiger partial charge on any atom is -0.429 e. The minimum absolute atomic E-state index is 0.0855. The molecule has 186 valence electrons.